The largest absolute Gasteiger partial charge is 0.441 e. The molecule has 1 aromatic rings. The van der Waals surface area contributed by atoms with Crippen molar-refractivity contribution in [1.82, 2.24) is 0 Å². The van der Waals surface area contributed by atoms with E-state index < -0.39 is 11.3 Å². The second-order valence-corrected chi connectivity index (χ2v) is 4.12. The number of nitrogens with one attached hydrogen (secondary N) is 1. The Bertz CT molecular complexity index is 354. The first-order valence-corrected chi connectivity index (χ1v) is 5.36. The third kappa shape index (κ3) is 4.61. The van der Waals surface area contributed by atoms with Gasteiger partial charge >= 0.3 is 5.51 Å². The first-order chi connectivity index (χ1) is 7.38. The number of benzene rings is 1. The van der Waals surface area contributed by atoms with Gasteiger partial charge in [0.05, 0.1) is 5.69 Å². The maximum Gasteiger partial charge on any atom is 0.441 e. The van der Waals surface area contributed by atoms with Crippen molar-refractivity contribution in [3.8, 4) is 0 Å². The molecule has 0 amide bonds. The smallest absolute Gasteiger partial charge is 0.399 e. The van der Waals surface area contributed by atoms with Crippen molar-refractivity contribution in [3.63, 3.8) is 0 Å². The predicted octanol–water partition coefficient (Wildman–Crippen LogP) is 3.07. The van der Waals surface area contributed by atoms with Crippen molar-refractivity contribution in [2.75, 3.05) is 23.3 Å². The lowest BCUT2D eigenvalue weighted by molar-refractivity contribution is -0.0327. The van der Waals surface area contributed by atoms with Crippen LogP contribution in [0.25, 0.3) is 0 Å². The van der Waals surface area contributed by atoms with E-state index in [1.165, 1.54) is 12.1 Å². The molecule has 7 heteroatoms. The molecular formula is C9H10F4N2S. The molecule has 0 saturated heterocycles. The number of alkyl halides is 3. The lowest BCUT2D eigenvalue weighted by atomic mass is 10.2. The van der Waals surface area contributed by atoms with Crippen LogP contribution >= 0.6 is 11.8 Å². The van der Waals surface area contributed by atoms with Crippen LogP contribution in [0.2, 0.25) is 0 Å². The van der Waals surface area contributed by atoms with Gasteiger partial charge in [0.1, 0.15) is 5.82 Å². The Morgan fingerprint density at radius 2 is 2.00 bits per heavy atom. The Balaban J connectivity index is 2.38. The lowest BCUT2D eigenvalue weighted by Crippen LogP contribution is -2.10. The highest BCUT2D eigenvalue weighted by Crippen LogP contribution is 2.29. The molecule has 0 heterocycles. The summed E-state index contributed by atoms with van der Waals surface area (Å²) in [5, 5.41) is 2.56. The highest BCUT2D eigenvalue weighted by molar-refractivity contribution is 8.00. The molecule has 0 bridgehead atoms. The van der Waals surface area contributed by atoms with Crippen LogP contribution in [0.1, 0.15) is 0 Å². The van der Waals surface area contributed by atoms with Crippen LogP contribution in [0.15, 0.2) is 18.2 Å². The summed E-state index contributed by atoms with van der Waals surface area (Å²) in [5.74, 6) is -0.746. The van der Waals surface area contributed by atoms with Crippen molar-refractivity contribution in [2.45, 2.75) is 5.51 Å². The zero-order valence-corrected chi connectivity index (χ0v) is 8.96. The maximum atomic E-state index is 13.1. The summed E-state index contributed by atoms with van der Waals surface area (Å²) >= 11 is -0.148. The fourth-order valence-electron chi connectivity index (χ4n) is 1.03. The second-order valence-electron chi connectivity index (χ2n) is 2.96. The Labute approximate surface area is 94.2 Å². The number of halogens is 4. The van der Waals surface area contributed by atoms with E-state index in [0.29, 0.717) is 0 Å². The van der Waals surface area contributed by atoms with E-state index in [1.807, 2.05) is 0 Å². The van der Waals surface area contributed by atoms with Crippen LogP contribution in [-0.2, 0) is 0 Å². The van der Waals surface area contributed by atoms with Crippen molar-refractivity contribution < 1.29 is 17.6 Å². The predicted molar refractivity (Wildman–Crippen MR) is 57.8 cm³/mol. The van der Waals surface area contributed by atoms with Crippen LogP contribution in [0.3, 0.4) is 0 Å². The van der Waals surface area contributed by atoms with Crippen molar-refractivity contribution in [1.29, 1.82) is 0 Å². The fourth-order valence-corrected chi connectivity index (χ4v) is 1.46. The van der Waals surface area contributed by atoms with Gasteiger partial charge in [0.25, 0.3) is 0 Å². The standard InChI is InChI=1S/C9H10F4N2S/c10-7-5-6(14)1-2-8(7)15-3-4-16-9(11,12)13/h1-2,5,15H,3-4,14H2. The number of nitrogens with two attached hydrogens (primary N) is 1. The minimum absolute atomic E-state index is 0.0328. The van der Waals surface area contributed by atoms with Gasteiger partial charge in [0, 0.05) is 18.0 Å². The summed E-state index contributed by atoms with van der Waals surface area (Å²) in [5.41, 5.74) is 1.49. The third-order valence-electron chi connectivity index (χ3n) is 1.68. The van der Waals surface area contributed by atoms with E-state index in [-0.39, 0.29) is 35.4 Å². The number of nitrogen functional groups attached to an aromatic ring is 1. The molecule has 0 saturated carbocycles. The molecular weight excluding hydrogens is 244 g/mol. The number of thioether (sulfide) groups is 1. The fraction of sp³-hybridized carbons (Fsp3) is 0.333. The molecule has 90 valence electrons. The summed E-state index contributed by atoms with van der Waals surface area (Å²) in [6.07, 6.45) is 0. The molecule has 0 radical (unpaired) electrons. The minimum atomic E-state index is -4.25. The summed E-state index contributed by atoms with van der Waals surface area (Å²) in [7, 11) is 0. The Morgan fingerprint density at radius 3 is 2.56 bits per heavy atom. The quantitative estimate of drug-likeness (QED) is 0.492. The zero-order valence-electron chi connectivity index (χ0n) is 8.14. The average Bonchev–Trinajstić information content (AvgIpc) is 2.13. The molecule has 0 aliphatic rings. The molecule has 0 aromatic heterocycles. The van der Waals surface area contributed by atoms with Crippen LogP contribution in [0.5, 0.6) is 0 Å². The van der Waals surface area contributed by atoms with Crippen LogP contribution in [0.4, 0.5) is 28.9 Å². The van der Waals surface area contributed by atoms with Crippen LogP contribution < -0.4 is 11.1 Å². The SMILES string of the molecule is Nc1ccc(NCCSC(F)(F)F)c(F)c1. The molecule has 3 N–H and O–H groups in total. The molecule has 0 unspecified atom stereocenters. The van der Waals surface area contributed by atoms with Gasteiger partial charge < -0.3 is 11.1 Å². The molecule has 0 spiro atoms. The summed E-state index contributed by atoms with van der Waals surface area (Å²) in [4.78, 5) is 0. The molecule has 0 aliphatic heterocycles. The van der Waals surface area contributed by atoms with E-state index >= 15 is 0 Å². The molecule has 16 heavy (non-hydrogen) atoms. The molecule has 2 nitrogen and oxygen atoms in total. The van der Waals surface area contributed by atoms with Crippen LogP contribution in [0, 0.1) is 5.82 Å². The molecule has 0 fully saturated rings. The summed E-state index contributed by atoms with van der Waals surface area (Å²) in [6, 6.07) is 3.98. The molecule has 1 aromatic carbocycles. The van der Waals surface area contributed by atoms with E-state index in [2.05, 4.69) is 5.32 Å². The van der Waals surface area contributed by atoms with Gasteiger partial charge in [-0.2, -0.15) is 13.2 Å². The van der Waals surface area contributed by atoms with Crippen molar-refractivity contribution in [2.24, 2.45) is 0 Å². The van der Waals surface area contributed by atoms with Gasteiger partial charge in [-0.15, -0.1) is 0 Å². The highest BCUT2D eigenvalue weighted by Gasteiger charge is 2.27. The average molecular weight is 254 g/mol. The Morgan fingerprint density at radius 1 is 1.31 bits per heavy atom. The topological polar surface area (TPSA) is 38.0 Å². The van der Waals surface area contributed by atoms with Gasteiger partial charge in [-0.05, 0) is 30.0 Å². The number of rotatable bonds is 4. The third-order valence-corrected chi connectivity index (χ3v) is 2.41. The zero-order chi connectivity index (χ0) is 12.2. The Kier molecular flexibility index (Phi) is 4.28. The number of hydrogen-bond acceptors (Lipinski definition) is 3. The molecule has 1 rings (SSSR count). The molecule has 0 atom stereocenters. The van der Waals surface area contributed by atoms with Crippen LogP contribution in [-0.4, -0.2) is 17.8 Å². The van der Waals surface area contributed by atoms with E-state index in [0.717, 1.165) is 6.07 Å². The number of hydrogen-bond donors (Lipinski definition) is 2. The van der Waals surface area contributed by atoms with Gasteiger partial charge in [0.2, 0.25) is 0 Å². The van der Waals surface area contributed by atoms with Crippen molar-refractivity contribution >= 4 is 23.1 Å². The van der Waals surface area contributed by atoms with Gasteiger partial charge in [-0.1, -0.05) is 0 Å². The molecule has 0 aliphatic carbocycles. The first-order valence-electron chi connectivity index (χ1n) is 4.38. The first kappa shape index (κ1) is 13.0. The van der Waals surface area contributed by atoms with E-state index in [9.17, 15) is 17.6 Å². The summed E-state index contributed by atoms with van der Waals surface area (Å²) < 4.78 is 48.4. The van der Waals surface area contributed by atoms with Crippen molar-refractivity contribution in [3.05, 3.63) is 24.0 Å². The van der Waals surface area contributed by atoms with Gasteiger partial charge in [-0.3, -0.25) is 0 Å². The lowest BCUT2D eigenvalue weighted by Gasteiger charge is -2.09. The van der Waals surface area contributed by atoms with Gasteiger partial charge in [0.15, 0.2) is 0 Å². The maximum absolute atomic E-state index is 13.1. The number of anilines is 2. The Hall–Kier alpha value is -1.11. The monoisotopic (exact) mass is 254 g/mol. The van der Waals surface area contributed by atoms with E-state index in [1.54, 1.807) is 0 Å². The van der Waals surface area contributed by atoms with E-state index in [4.69, 9.17) is 5.73 Å². The normalized spacial score (nSPS) is 11.5. The second kappa shape index (κ2) is 5.29. The minimum Gasteiger partial charge on any atom is -0.399 e. The highest BCUT2D eigenvalue weighted by atomic mass is 32.2. The van der Waals surface area contributed by atoms with Gasteiger partial charge in [-0.25, -0.2) is 4.39 Å². The summed E-state index contributed by atoms with van der Waals surface area (Å²) in [6.45, 7) is 0.0328.